The van der Waals surface area contributed by atoms with Crippen LogP contribution in [0.25, 0.3) is 0 Å². The molecular formula is C21H24N2O5. The Bertz CT molecular complexity index is 848. The standard InChI is InChI=1S/C21H24N2O5/c1-14(2)17-9-4-5-10-18(17)23-19(24)13-28-20(25)12-22-21(26)15-7-6-8-16(11-15)27-3/h4-11,14H,12-13H2,1-3H3,(H,22,26)(H,23,24). The number of hydrogen-bond donors (Lipinski definition) is 2. The van der Waals surface area contributed by atoms with E-state index in [4.69, 9.17) is 9.47 Å². The molecule has 0 saturated carbocycles. The van der Waals surface area contributed by atoms with Gasteiger partial charge in [-0.3, -0.25) is 14.4 Å². The predicted octanol–water partition coefficient (Wildman–Crippen LogP) is 2.73. The van der Waals surface area contributed by atoms with Gasteiger partial charge in [-0.2, -0.15) is 0 Å². The van der Waals surface area contributed by atoms with Crippen LogP contribution < -0.4 is 15.4 Å². The van der Waals surface area contributed by atoms with Crippen LogP contribution in [0.4, 0.5) is 5.69 Å². The third-order valence-electron chi connectivity index (χ3n) is 3.95. The number of methoxy groups -OCH3 is 1. The van der Waals surface area contributed by atoms with Gasteiger partial charge in [0.15, 0.2) is 6.61 Å². The summed E-state index contributed by atoms with van der Waals surface area (Å²) in [6, 6.07) is 14.0. The second kappa shape index (κ2) is 10.1. The van der Waals surface area contributed by atoms with Gasteiger partial charge in [-0.25, -0.2) is 0 Å². The number of benzene rings is 2. The average Bonchev–Trinajstić information content (AvgIpc) is 2.70. The fourth-order valence-corrected chi connectivity index (χ4v) is 2.52. The molecule has 0 aliphatic rings. The number of nitrogens with one attached hydrogen (secondary N) is 2. The lowest BCUT2D eigenvalue weighted by Crippen LogP contribution is -2.32. The molecule has 0 atom stereocenters. The number of anilines is 1. The van der Waals surface area contributed by atoms with Crippen molar-refractivity contribution >= 4 is 23.5 Å². The van der Waals surface area contributed by atoms with Gasteiger partial charge in [0, 0.05) is 11.3 Å². The number of para-hydroxylation sites is 1. The van der Waals surface area contributed by atoms with E-state index in [9.17, 15) is 14.4 Å². The van der Waals surface area contributed by atoms with Crippen LogP contribution in [0.1, 0.15) is 35.7 Å². The molecule has 7 heteroatoms. The van der Waals surface area contributed by atoms with Gasteiger partial charge >= 0.3 is 5.97 Å². The van der Waals surface area contributed by atoms with Gasteiger partial charge in [0.05, 0.1) is 7.11 Å². The first kappa shape index (κ1) is 21.0. The molecule has 0 bridgehead atoms. The fraction of sp³-hybridized carbons (Fsp3) is 0.286. The van der Waals surface area contributed by atoms with Crippen molar-refractivity contribution in [1.29, 1.82) is 0 Å². The van der Waals surface area contributed by atoms with Gasteiger partial charge in [-0.1, -0.05) is 38.1 Å². The number of hydrogen-bond acceptors (Lipinski definition) is 5. The van der Waals surface area contributed by atoms with Crippen molar-refractivity contribution in [2.24, 2.45) is 0 Å². The first-order valence-corrected chi connectivity index (χ1v) is 8.87. The molecule has 0 saturated heterocycles. The molecule has 2 aromatic rings. The monoisotopic (exact) mass is 384 g/mol. The molecule has 0 aliphatic carbocycles. The van der Waals surface area contributed by atoms with Crippen LogP contribution in [0.15, 0.2) is 48.5 Å². The Morgan fingerprint density at radius 3 is 2.50 bits per heavy atom. The minimum atomic E-state index is -0.705. The highest BCUT2D eigenvalue weighted by atomic mass is 16.5. The SMILES string of the molecule is COc1cccc(C(=O)NCC(=O)OCC(=O)Nc2ccccc2C(C)C)c1. The summed E-state index contributed by atoms with van der Waals surface area (Å²) in [6.07, 6.45) is 0. The number of esters is 1. The summed E-state index contributed by atoms with van der Waals surface area (Å²) in [7, 11) is 1.50. The minimum absolute atomic E-state index is 0.242. The van der Waals surface area contributed by atoms with Crippen molar-refractivity contribution < 1.29 is 23.9 Å². The topological polar surface area (TPSA) is 93.7 Å². The number of carbonyl (C=O) groups excluding carboxylic acids is 3. The zero-order valence-corrected chi connectivity index (χ0v) is 16.2. The van der Waals surface area contributed by atoms with Crippen LogP contribution in [-0.2, 0) is 14.3 Å². The summed E-state index contributed by atoms with van der Waals surface area (Å²) in [5.41, 5.74) is 2.03. The lowest BCUT2D eigenvalue weighted by molar-refractivity contribution is -0.146. The highest BCUT2D eigenvalue weighted by molar-refractivity contribution is 5.97. The highest BCUT2D eigenvalue weighted by Crippen LogP contribution is 2.23. The third-order valence-corrected chi connectivity index (χ3v) is 3.95. The van der Waals surface area contributed by atoms with Gasteiger partial charge in [-0.05, 0) is 35.7 Å². The Kier molecular flexibility index (Phi) is 7.56. The van der Waals surface area contributed by atoms with Crippen LogP contribution in [0.2, 0.25) is 0 Å². The summed E-state index contributed by atoms with van der Waals surface area (Å²) < 4.78 is 9.97. The van der Waals surface area contributed by atoms with Gasteiger partial charge in [0.1, 0.15) is 12.3 Å². The van der Waals surface area contributed by atoms with Crippen LogP contribution in [0, 0.1) is 0 Å². The summed E-state index contributed by atoms with van der Waals surface area (Å²) >= 11 is 0. The normalized spacial score (nSPS) is 10.3. The second-order valence-corrected chi connectivity index (χ2v) is 6.37. The van der Waals surface area contributed by atoms with Crippen LogP contribution in [0.3, 0.4) is 0 Å². The molecule has 0 radical (unpaired) electrons. The number of amides is 2. The number of carbonyl (C=O) groups is 3. The quantitative estimate of drug-likeness (QED) is 0.683. The molecule has 2 amide bonds. The molecule has 28 heavy (non-hydrogen) atoms. The number of ether oxygens (including phenoxy) is 2. The van der Waals surface area contributed by atoms with Crippen molar-refractivity contribution in [3.05, 3.63) is 59.7 Å². The zero-order chi connectivity index (χ0) is 20.5. The first-order chi connectivity index (χ1) is 13.4. The summed E-state index contributed by atoms with van der Waals surface area (Å²) in [5.74, 6) is -0.810. The third kappa shape index (κ3) is 6.12. The molecule has 2 aromatic carbocycles. The smallest absolute Gasteiger partial charge is 0.325 e. The Labute approximate surface area is 164 Å². The molecule has 0 unspecified atom stereocenters. The van der Waals surface area contributed by atoms with Crippen LogP contribution in [-0.4, -0.2) is 38.0 Å². The van der Waals surface area contributed by atoms with E-state index in [1.807, 2.05) is 32.0 Å². The minimum Gasteiger partial charge on any atom is -0.497 e. The molecule has 0 heterocycles. The average molecular weight is 384 g/mol. The van der Waals surface area contributed by atoms with Crippen LogP contribution in [0.5, 0.6) is 5.75 Å². The molecule has 7 nitrogen and oxygen atoms in total. The van der Waals surface area contributed by atoms with E-state index < -0.39 is 24.4 Å². The van der Waals surface area contributed by atoms with E-state index in [-0.39, 0.29) is 12.5 Å². The maximum absolute atomic E-state index is 12.0. The summed E-state index contributed by atoms with van der Waals surface area (Å²) in [4.78, 5) is 35.9. The Hall–Kier alpha value is -3.35. The van der Waals surface area contributed by atoms with E-state index in [1.54, 1.807) is 30.3 Å². The molecule has 0 aromatic heterocycles. The lowest BCUT2D eigenvalue weighted by Gasteiger charge is -2.13. The maximum atomic E-state index is 12.0. The highest BCUT2D eigenvalue weighted by Gasteiger charge is 2.13. The van der Waals surface area contributed by atoms with Gasteiger partial charge in [0.25, 0.3) is 11.8 Å². The summed E-state index contributed by atoms with van der Waals surface area (Å²) in [6.45, 7) is 3.28. The summed E-state index contributed by atoms with van der Waals surface area (Å²) in [5, 5.41) is 5.18. The molecule has 2 N–H and O–H groups in total. The first-order valence-electron chi connectivity index (χ1n) is 8.87. The van der Waals surface area contributed by atoms with Gasteiger partial charge < -0.3 is 20.1 Å². The fourth-order valence-electron chi connectivity index (χ4n) is 2.52. The molecular weight excluding hydrogens is 360 g/mol. The van der Waals surface area contributed by atoms with E-state index >= 15 is 0 Å². The van der Waals surface area contributed by atoms with Gasteiger partial charge in [-0.15, -0.1) is 0 Å². The Morgan fingerprint density at radius 1 is 1.04 bits per heavy atom. The molecule has 148 valence electrons. The van der Waals surface area contributed by atoms with Crippen molar-refractivity contribution in [2.75, 3.05) is 25.6 Å². The number of rotatable bonds is 8. The Morgan fingerprint density at radius 2 is 1.79 bits per heavy atom. The largest absolute Gasteiger partial charge is 0.497 e. The van der Waals surface area contributed by atoms with Gasteiger partial charge in [0.2, 0.25) is 0 Å². The van der Waals surface area contributed by atoms with Crippen molar-refractivity contribution in [1.82, 2.24) is 5.32 Å². The Balaban J connectivity index is 1.79. The molecule has 0 aliphatic heterocycles. The van der Waals surface area contributed by atoms with E-state index in [2.05, 4.69) is 10.6 Å². The van der Waals surface area contributed by atoms with E-state index in [0.29, 0.717) is 17.0 Å². The maximum Gasteiger partial charge on any atom is 0.325 e. The predicted molar refractivity (Wildman–Crippen MR) is 105 cm³/mol. The van der Waals surface area contributed by atoms with Crippen molar-refractivity contribution in [3.8, 4) is 5.75 Å². The van der Waals surface area contributed by atoms with Crippen LogP contribution >= 0.6 is 0 Å². The zero-order valence-electron chi connectivity index (χ0n) is 16.2. The van der Waals surface area contributed by atoms with Crippen molar-refractivity contribution in [3.63, 3.8) is 0 Å². The van der Waals surface area contributed by atoms with Crippen molar-refractivity contribution in [2.45, 2.75) is 19.8 Å². The molecule has 0 spiro atoms. The molecule has 2 rings (SSSR count). The second-order valence-electron chi connectivity index (χ2n) is 6.37. The molecule has 0 fully saturated rings. The lowest BCUT2D eigenvalue weighted by atomic mass is 10.0. The van der Waals surface area contributed by atoms with E-state index in [0.717, 1.165) is 5.56 Å². The van der Waals surface area contributed by atoms with E-state index in [1.165, 1.54) is 7.11 Å².